The Balaban J connectivity index is 1.37. The van der Waals surface area contributed by atoms with Crippen molar-refractivity contribution in [2.75, 3.05) is 19.0 Å². The van der Waals surface area contributed by atoms with E-state index in [-0.39, 0.29) is 23.2 Å². The van der Waals surface area contributed by atoms with E-state index in [4.69, 9.17) is 14.6 Å². The van der Waals surface area contributed by atoms with Crippen LogP contribution in [-0.4, -0.2) is 52.5 Å². The molecule has 2 aliphatic heterocycles. The van der Waals surface area contributed by atoms with E-state index in [9.17, 15) is 14.4 Å². The van der Waals surface area contributed by atoms with E-state index in [2.05, 4.69) is 10.3 Å². The van der Waals surface area contributed by atoms with Crippen LogP contribution in [0.3, 0.4) is 0 Å². The van der Waals surface area contributed by atoms with Crippen molar-refractivity contribution in [2.45, 2.75) is 51.0 Å². The molecule has 0 bridgehead atoms. The molecule has 0 spiro atoms. The van der Waals surface area contributed by atoms with Crippen molar-refractivity contribution in [3.63, 3.8) is 0 Å². The number of nitrogens with zero attached hydrogens (tertiary/aromatic N) is 2. The lowest BCUT2D eigenvalue weighted by Gasteiger charge is -2.31. The maximum atomic E-state index is 13.5. The quantitative estimate of drug-likeness (QED) is 0.605. The molecule has 1 saturated carbocycles. The summed E-state index contributed by atoms with van der Waals surface area (Å²) >= 11 is 0. The van der Waals surface area contributed by atoms with Crippen LogP contribution in [0.2, 0.25) is 0 Å². The number of carbonyl (C=O) groups excluding carboxylic acids is 2. The lowest BCUT2D eigenvalue weighted by atomic mass is 9.84. The highest BCUT2D eigenvalue weighted by Crippen LogP contribution is 2.40. The maximum Gasteiger partial charge on any atom is 0.337 e. The zero-order chi connectivity index (χ0) is 25.2. The van der Waals surface area contributed by atoms with E-state index < -0.39 is 12.0 Å². The summed E-state index contributed by atoms with van der Waals surface area (Å²) in [6.45, 7) is 0.307. The Morgan fingerprint density at radius 2 is 2.03 bits per heavy atom. The van der Waals surface area contributed by atoms with Gasteiger partial charge in [-0.2, -0.15) is 0 Å². The number of carbonyl (C=O) groups is 3. The van der Waals surface area contributed by atoms with Gasteiger partial charge in [0.25, 0.3) is 5.91 Å². The fourth-order valence-electron chi connectivity index (χ4n) is 5.38. The summed E-state index contributed by atoms with van der Waals surface area (Å²) in [4.78, 5) is 43.8. The first-order valence-corrected chi connectivity index (χ1v) is 12.3. The Kier molecular flexibility index (Phi) is 6.63. The summed E-state index contributed by atoms with van der Waals surface area (Å²) < 4.78 is 11.5. The monoisotopic (exact) mass is 491 g/mol. The SMILES string of the molecule is COc1cccc2c1CC1=C(O2)C(=O)N([C@@H](CC2CCCCC2)C(=O)Nc2ccc(C(=O)O)cn2)C1. The largest absolute Gasteiger partial charge is 0.496 e. The third kappa shape index (κ3) is 4.65. The van der Waals surface area contributed by atoms with E-state index in [1.807, 2.05) is 18.2 Å². The number of ether oxygens (including phenoxy) is 2. The van der Waals surface area contributed by atoms with E-state index in [0.717, 1.165) is 36.8 Å². The van der Waals surface area contributed by atoms with E-state index in [1.54, 1.807) is 12.0 Å². The van der Waals surface area contributed by atoms with Crippen LogP contribution < -0.4 is 14.8 Å². The van der Waals surface area contributed by atoms with Crippen molar-refractivity contribution in [1.82, 2.24) is 9.88 Å². The number of fused-ring (bicyclic) bond motifs is 1. The predicted octanol–water partition coefficient (Wildman–Crippen LogP) is 3.80. The van der Waals surface area contributed by atoms with Gasteiger partial charge in [-0.25, -0.2) is 9.78 Å². The number of aromatic carboxylic acids is 1. The summed E-state index contributed by atoms with van der Waals surface area (Å²) in [5.74, 6) is 0.477. The van der Waals surface area contributed by atoms with Crippen LogP contribution in [-0.2, 0) is 16.0 Å². The van der Waals surface area contributed by atoms with Crippen LogP contribution >= 0.6 is 0 Å². The van der Waals surface area contributed by atoms with Crippen LogP contribution in [0.25, 0.3) is 0 Å². The highest BCUT2D eigenvalue weighted by atomic mass is 16.5. The molecule has 9 nitrogen and oxygen atoms in total. The van der Waals surface area contributed by atoms with Crippen molar-refractivity contribution >= 4 is 23.6 Å². The number of methoxy groups -OCH3 is 1. The lowest BCUT2D eigenvalue weighted by Crippen LogP contribution is -2.47. The second-order valence-corrected chi connectivity index (χ2v) is 9.56. The number of nitrogens with one attached hydrogen (secondary N) is 1. The number of carboxylic acids is 1. The molecular formula is C27H29N3O6. The normalized spacial score (nSPS) is 18.2. The van der Waals surface area contributed by atoms with Crippen molar-refractivity contribution in [3.8, 4) is 11.5 Å². The molecule has 36 heavy (non-hydrogen) atoms. The Hall–Kier alpha value is -3.88. The Morgan fingerprint density at radius 1 is 1.22 bits per heavy atom. The average Bonchev–Trinajstić information content (AvgIpc) is 3.21. The zero-order valence-electron chi connectivity index (χ0n) is 20.2. The van der Waals surface area contributed by atoms with Gasteiger partial charge in [-0.1, -0.05) is 38.2 Å². The van der Waals surface area contributed by atoms with Crippen LogP contribution in [0.15, 0.2) is 47.9 Å². The molecule has 0 saturated heterocycles. The van der Waals surface area contributed by atoms with Crippen molar-refractivity contribution < 1.29 is 29.0 Å². The molecule has 3 heterocycles. The number of aromatic nitrogens is 1. The summed E-state index contributed by atoms with van der Waals surface area (Å²) in [6.07, 6.45) is 7.78. The fraction of sp³-hybridized carbons (Fsp3) is 0.407. The second kappa shape index (κ2) is 10.0. The molecule has 2 N–H and O–H groups in total. The van der Waals surface area contributed by atoms with Gasteiger partial charge in [0.1, 0.15) is 23.4 Å². The predicted molar refractivity (Wildman–Crippen MR) is 131 cm³/mol. The molecular weight excluding hydrogens is 462 g/mol. The lowest BCUT2D eigenvalue weighted by molar-refractivity contribution is -0.135. The fourth-order valence-corrected chi connectivity index (χ4v) is 5.38. The molecule has 1 atom stereocenters. The summed E-state index contributed by atoms with van der Waals surface area (Å²) in [5.41, 5.74) is 1.76. The molecule has 0 unspecified atom stereocenters. The standard InChI is InChI=1S/C27H29N3O6/c1-35-21-8-5-9-22-19(21)13-18-15-30(26(32)24(18)36-22)20(12-16-6-3-2-4-7-16)25(31)29-23-11-10-17(14-28-23)27(33)34/h5,8-11,14,16,20H,2-4,6-7,12-13,15H2,1H3,(H,33,34)(H,28,29,31)/t20-/m0/s1. The number of rotatable bonds is 7. The van der Waals surface area contributed by atoms with Crippen LogP contribution in [0.5, 0.6) is 11.5 Å². The molecule has 5 rings (SSSR count). The van der Waals surface area contributed by atoms with Gasteiger partial charge in [-0.15, -0.1) is 0 Å². The molecule has 0 radical (unpaired) electrons. The second-order valence-electron chi connectivity index (χ2n) is 9.56. The number of hydrogen-bond acceptors (Lipinski definition) is 6. The topological polar surface area (TPSA) is 118 Å². The van der Waals surface area contributed by atoms with Gasteiger partial charge in [-0.05, 0) is 36.6 Å². The third-order valence-corrected chi connectivity index (χ3v) is 7.27. The third-order valence-electron chi connectivity index (χ3n) is 7.27. The summed E-state index contributed by atoms with van der Waals surface area (Å²) in [5, 5.41) is 11.9. The van der Waals surface area contributed by atoms with Gasteiger partial charge in [0.05, 0.1) is 12.7 Å². The first-order chi connectivity index (χ1) is 17.4. The van der Waals surface area contributed by atoms with Crippen LogP contribution in [0.1, 0.15) is 54.4 Å². The van der Waals surface area contributed by atoms with Crippen LogP contribution in [0, 0.1) is 5.92 Å². The van der Waals surface area contributed by atoms with Gasteiger partial charge in [0, 0.05) is 30.3 Å². The Bertz CT molecular complexity index is 1220. The Morgan fingerprint density at radius 3 is 2.72 bits per heavy atom. The molecule has 1 aromatic heterocycles. The summed E-state index contributed by atoms with van der Waals surface area (Å²) in [7, 11) is 1.60. The number of anilines is 1. The number of benzene rings is 1. The minimum absolute atomic E-state index is 0.0329. The van der Waals surface area contributed by atoms with E-state index >= 15 is 0 Å². The first-order valence-electron chi connectivity index (χ1n) is 12.3. The van der Waals surface area contributed by atoms with Gasteiger partial charge < -0.3 is 24.8 Å². The molecule has 1 aromatic carbocycles. The highest BCUT2D eigenvalue weighted by Gasteiger charge is 2.42. The van der Waals surface area contributed by atoms with E-state index in [1.165, 1.54) is 24.8 Å². The van der Waals surface area contributed by atoms with Gasteiger partial charge in [0.2, 0.25) is 5.91 Å². The average molecular weight is 492 g/mol. The maximum absolute atomic E-state index is 13.5. The van der Waals surface area contributed by atoms with E-state index in [0.29, 0.717) is 42.6 Å². The molecule has 188 valence electrons. The number of pyridine rings is 1. The number of amides is 2. The van der Waals surface area contributed by atoms with Crippen molar-refractivity contribution in [1.29, 1.82) is 0 Å². The minimum atomic E-state index is -1.09. The molecule has 1 aliphatic carbocycles. The first kappa shape index (κ1) is 23.8. The van der Waals surface area contributed by atoms with Crippen LogP contribution in [0.4, 0.5) is 5.82 Å². The number of hydrogen-bond donors (Lipinski definition) is 2. The molecule has 2 aromatic rings. The van der Waals surface area contributed by atoms with Gasteiger partial charge in [-0.3, -0.25) is 9.59 Å². The highest BCUT2D eigenvalue weighted by molar-refractivity contribution is 6.02. The summed E-state index contributed by atoms with van der Waals surface area (Å²) in [6, 6.07) is 7.66. The zero-order valence-corrected chi connectivity index (χ0v) is 20.2. The minimum Gasteiger partial charge on any atom is -0.496 e. The van der Waals surface area contributed by atoms with Gasteiger partial charge in [0.15, 0.2) is 5.76 Å². The molecule has 1 fully saturated rings. The smallest absolute Gasteiger partial charge is 0.337 e. The molecule has 3 aliphatic rings. The number of carboxylic acid groups (broad SMARTS) is 1. The van der Waals surface area contributed by atoms with Gasteiger partial charge >= 0.3 is 5.97 Å². The molecule has 2 amide bonds. The van der Waals surface area contributed by atoms with Crippen molar-refractivity contribution in [2.24, 2.45) is 5.92 Å². The molecule has 9 heteroatoms. The van der Waals surface area contributed by atoms with Crippen molar-refractivity contribution in [3.05, 3.63) is 59.0 Å². The Labute approximate surface area is 209 Å².